The van der Waals surface area contributed by atoms with Gasteiger partial charge >= 0.3 is 0 Å². The molecule has 0 saturated carbocycles. The summed E-state index contributed by atoms with van der Waals surface area (Å²) in [4.78, 5) is 3.32. The molecule has 0 radical (unpaired) electrons. The predicted octanol–water partition coefficient (Wildman–Crippen LogP) is 3.66. The minimum atomic E-state index is -2.75. The number of rotatable bonds is 2. The van der Waals surface area contributed by atoms with Crippen LogP contribution in [-0.4, -0.2) is 4.98 Å². The van der Waals surface area contributed by atoms with E-state index < -0.39 is 17.9 Å². The molecular weight excluding hydrogens is 270 g/mol. The van der Waals surface area contributed by atoms with Crippen LogP contribution in [0.3, 0.4) is 0 Å². The molecule has 0 amide bonds. The summed E-state index contributed by atoms with van der Waals surface area (Å²) in [5.74, 6) is -1.08. The van der Waals surface area contributed by atoms with Gasteiger partial charge in [0.1, 0.15) is 4.60 Å². The highest BCUT2D eigenvalue weighted by molar-refractivity contribution is 9.10. The number of hydrogen-bond donors (Lipinski definition) is 0. The molecule has 13 heavy (non-hydrogen) atoms. The molecule has 0 saturated heterocycles. The third-order valence-corrected chi connectivity index (χ3v) is 2.37. The van der Waals surface area contributed by atoms with Crippen LogP contribution in [0.2, 0.25) is 0 Å². The lowest BCUT2D eigenvalue weighted by molar-refractivity contribution is 0.149. The molecule has 0 aromatic carbocycles. The summed E-state index contributed by atoms with van der Waals surface area (Å²) in [6.07, 6.45) is -2.75. The summed E-state index contributed by atoms with van der Waals surface area (Å²) in [5, 5.41) is 0. The Morgan fingerprint density at radius 2 is 2.15 bits per heavy atom. The molecule has 1 heterocycles. The predicted molar refractivity (Wildman–Crippen MR) is 46.4 cm³/mol. The SMILES string of the molecule is Fc1cc(C(F)F)c(CCl)c(Br)n1. The van der Waals surface area contributed by atoms with Gasteiger partial charge in [0.25, 0.3) is 6.43 Å². The normalized spacial score (nSPS) is 10.9. The molecule has 0 bridgehead atoms. The van der Waals surface area contributed by atoms with Crippen molar-refractivity contribution in [2.45, 2.75) is 12.3 Å². The second-order valence-corrected chi connectivity index (χ2v) is 3.26. The average Bonchev–Trinajstić information content (AvgIpc) is 2.02. The Morgan fingerprint density at radius 3 is 2.62 bits per heavy atom. The third kappa shape index (κ3) is 2.34. The second-order valence-electron chi connectivity index (χ2n) is 2.24. The lowest BCUT2D eigenvalue weighted by Crippen LogP contribution is -1.98. The van der Waals surface area contributed by atoms with Crippen LogP contribution >= 0.6 is 27.5 Å². The minimum absolute atomic E-state index is 0.0257. The zero-order valence-electron chi connectivity index (χ0n) is 6.20. The summed E-state index contributed by atoms with van der Waals surface area (Å²) in [7, 11) is 0. The van der Waals surface area contributed by atoms with Gasteiger partial charge in [-0.1, -0.05) is 0 Å². The Morgan fingerprint density at radius 1 is 1.54 bits per heavy atom. The average molecular weight is 274 g/mol. The van der Waals surface area contributed by atoms with Crippen molar-refractivity contribution in [2.24, 2.45) is 0 Å². The molecule has 0 fully saturated rings. The number of hydrogen-bond acceptors (Lipinski definition) is 1. The largest absolute Gasteiger partial charge is 0.264 e. The summed E-state index contributed by atoms with van der Waals surface area (Å²) < 4.78 is 37.2. The lowest BCUT2D eigenvalue weighted by Gasteiger charge is -2.07. The quantitative estimate of drug-likeness (QED) is 0.592. The molecule has 6 heteroatoms. The van der Waals surface area contributed by atoms with Crippen LogP contribution in [0.4, 0.5) is 13.2 Å². The topological polar surface area (TPSA) is 12.9 Å². The van der Waals surface area contributed by atoms with Crippen molar-refractivity contribution in [3.8, 4) is 0 Å². The number of halogens is 5. The van der Waals surface area contributed by atoms with Crippen LogP contribution < -0.4 is 0 Å². The summed E-state index contributed by atoms with van der Waals surface area (Å²) in [5.41, 5.74) is -0.299. The van der Waals surface area contributed by atoms with Crippen molar-refractivity contribution in [3.63, 3.8) is 0 Å². The van der Waals surface area contributed by atoms with Gasteiger partial charge in [0, 0.05) is 17.2 Å². The molecule has 0 aliphatic rings. The van der Waals surface area contributed by atoms with Crippen LogP contribution in [-0.2, 0) is 5.88 Å². The molecule has 1 aromatic heterocycles. The minimum Gasteiger partial charge on any atom is -0.212 e. The second kappa shape index (κ2) is 4.28. The van der Waals surface area contributed by atoms with Crippen LogP contribution in [0.1, 0.15) is 17.6 Å². The molecule has 0 aliphatic carbocycles. The zero-order valence-corrected chi connectivity index (χ0v) is 8.54. The van der Waals surface area contributed by atoms with E-state index >= 15 is 0 Å². The van der Waals surface area contributed by atoms with Crippen molar-refractivity contribution in [3.05, 3.63) is 27.7 Å². The van der Waals surface area contributed by atoms with E-state index in [-0.39, 0.29) is 16.0 Å². The first kappa shape index (κ1) is 10.8. The maximum Gasteiger partial charge on any atom is 0.264 e. The molecule has 72 valence electrons. The van der Waals surface area contributed by atoms with Crippen molar-refractivity contribution in [1.82, 2.24) is 4.98 Å². The van der Waals surface area contributed by atoms with Crippen LogP contribution in [0.5, 0.6) is 0 Å². The number of nitrogens with zero attached hydrogens (tertiary/aromatic N) is 1. The van der Waals surface area contributed by atoms with Gasteiger partial charge in [0.15, 0.2) is 0 Å². The standard InChI is InChI=1S/C7H4BrClF3N/c8-6-4(2-9)3(7(11)12)1-5(10)13-6/h1,7H,2H2. The van der Waals surface area contributed by atoms with E-state index in [1.807, 2.05) is 0 Å². The van der Waals surface area contributed by atoms with E-state index in [0.717, 1.165) is 0 Å². The Hall–Kier alpha value is -0.290. The van der Waals surface area contributed by atoms with Gasteiger partial charge in [-0.05, 0) is 15.9 Å². The number of pyridine rings is 1. The summed E-state index contributed by atoms with van der Waals surface area (Å²) in [6, 6.07) is 0.688. The van der Waals surface area contributed by atoms with Crippen LogP contribution in [0, 0.1) is 5.95 Å². The maximum absolute atomic E-state index is 12.6. The number of alkyl halides is 3. The highest BCUT2D eigenvalue weighted by atomic mass is 79.9. The van der Waals surface area contributed by atoms with E-state index in [4.69, 9.17) is 11.6 Å². The molecule has 0 spiro atoms. The van der Waals surface area contributed by atoms with E-state index in [9.17, 15) is 13.2 Å². The van der Waals surface area contributed by atoms with E-state index in [2.05, 4.69) is 20.9 Å². The van der Waals surface area contributed by atoms with Gasteiger partial charge in [-0.3, -0.25) is 0 Å². The van der Waals surface area contributed by atoms with Gasteiger partial charge in [-0.15, -0.1) is 11.6 Å². The van der Waals surface area contributed by atoms with Gasteiger partial charge in [-0.2, -0.15) is 4.39 Å². The van der Waals surface area contributed by atoms with Gasteiger partial charge in [0.05, 0.1) is 5.88 Å². The van der Waals surface area contributed by atoms with Crippen molar-refractivity contribution < 1.29 is 13.2 Å². The summed E-state index contributed by atoms with van der Waals surface area (Å²) in [6.45, 7) is 0. The fourth-order valence-electron chi connectivity index (χ4n) is 0.855. The molecule has 0 N–H and O–H groups in total. The van der Waals surface area contributed by atoms with Crippen LogP contribution in [0.15, 0.2) is 10.7 Å². The molecule has 0 aliphatic heterocycles. The lowest BCUT2D eigenvalue weighted by atomic mass is 10.2. The fourth-order valence-corrected chi connectivity index (χ4v) is 1.84. The van der Waals surface area contributed by atoms with Crippen LogP contribution in [0.25, 0.3) is 0 Å². The van der Waals surface area contributed by atoms with Crippen molar-refractivity contribution in [2.75, 3.05) is 0 Å². The van der Waals surface area contributed by atoms with Gasteiger partial charge < -0.3 is 0 Å². The first-order valence-electron chi connectivity index (χ1n) is 3.25. The number of aromatic nitrogens is 1. The van der Waals surface area contributed by atoms with Gasteiger partial charge in [-0.25, -0.2) is 13.8 Å². The molecule has 1 rings (SSSR count). The van der Waals surface area contributed by atoms with E-state index in [1.165, 1.54) is 0 Å². The molecular formula is C7H4BrClF3N. The molecule has 1 nitrogen and oxygen atoms in total. The van der Waals surface area contributed by atoms with Crippen molar-refractivity contribution in [1.29, 1.82) is 0 Å². The molecule has 1 aromatic rings. The smallest absolute Gasteiger partial charge is 0.212 e. The highest BCUT2D eigenvalue weighted by Crippen LogP contribution is 2.29. The van der Waals surface area contributed by atoms with Gasteiger partial charge in [0.2, 0.25) is 5.95 Å². The first-order chi connectivity index (χ1) is 6.06. The first-order valence-corrected chi connectivity index (χ1v) is 4.58. The van der Waals surface area contributed by atoms with E-state index in [0.29, 0.717) is 6.07 Å². The Bertz CT molecular complexity index is 319. The monoisotopic (exact) mass is 273 g/mol. The summed E-state index contributed by atoms with van der Waals surface area (Å²) >= 11 is 8.27. The Kier molecular flexibility index (Phi) is 3.55. The maximum atomic E-state index is 12.6. The highest BCUT2D eigenvalue weighted by Gasteiger charge is 2.17. The Balaban J connectivity index is 3.29. The van der Waals surface area contributed by atoms with E-state index in [1.54, 1.807) is 0 Å². The third-order valence-electron chi connectivity index (χ3n) is 1.45. The fraction of sp³-hybridized carbons (Fsp3) is 0.286. The Labute approximate surface area is 86.0 Å². The van der Waals surface area contributed by atoms with Crippen molar-refractivity contribution >= 4 is 27.5 Å². The molecule has 0 unspecified atom stereocenters. The zero-order chi connectivity index (χ0) is 10.0. The molecule has 0 atom stereocenters.